The number of benzene rings is 1. The number of rotatable bonds is 2. The Hall–Kier alpha value is -2.54. The van der Waals surface area contributed by atoms with Gasteiger partial charge >= 0.3 is 0 Å². The minimum atomic E-state index is -0.753. The molecule has 0 atom stereocenters. The highest BCUT2D eigenvalue weighted by Gasteiger charge is 2.21. The Morgan fingerprint density at radius 1 is 1.05 bits per heavy atom. The average molecular weight is 323 g/mol. The van der Waals surface area contributed by atoms with Gasteiger partial charge in [0.05, 0.1) is 10.6 Å². The SMILES string of the molecule is Cn1c(-c2nc(O)ccc2Cl)nnc1-c1c(F)cccc1F. The normalized spacial score (nSPS) is 10.9. The van der Waals surface area contributed by atoms with E-state index in [2.05, 4.69) is 15.2 Å². The Labute approximate surface area is 128 Å². The standard InChI is InChI=1S/C14H9ClF2N4O/c1-21-13(11-8(16)3-2-4-9(11)17)19-20-14(21)12-7(15)5-6-10(22)18-12/h2-6H,1H3,(H,18,22). The Morgan fingerprint density at radius 2 is 1.68 bits per heavy atom. The Morgan fingerprint density at radius 3 is 2.36 bits per heavy atom. The average Bonchev–Trinajstić information content (AvgIpc) is 2.83. The van der Waals surface area contributed by atoms with Crippen molar-refractivity contribution in [2.24, 2.45) is 7.05 Å². The Kier molecular flexibility index (Phi) is 3.50. The quantitative estimate of drug-likeness (QED) is 0.787. The Balaban J connectivity index is 2.20. The van der Waals surface area contributed by atoms with Crippen LogP contribution in [0.3, 0.4) is 0 Å². The fourth-order valence-corrected chi connectivity index (χ4v) is 2.24. The molecule has 0 radical (unpaired) electrons. The van der Waals surface area contributed by atoms with Crippen LogP contribution in [0.5, 0.6) is 5.88 Å². The second-order valence-electron chi connectivity index (χ2n) is 4.50. The predicted octanol–water partition coefficient (Wildman–Crippen LogP) is 3.18. The Bertz CT molecular complexity index is 846. The summed E-state index contributed by atoms with van der Waals surface area (Å²) in [6, 6.07) is 6.29. The van der Waals surface area contributed by atoms with Gasteiger partial charge in [-0.2, -0.15) is 0 Å². The van der Waals surface area contributed by atoms with E-state index in [1.807, 2.05) is 0 Å². The lowest BCUT2D eigenvalue weighted by Gasteiger charge is -2.07. The van der Waals surface area contributed by atoms with E-state index in [1.165, 1.54) is 29.8 Å². The molecule has 8 heteroatoms. The molecular weight excluding hydrogens is 314 g/mol. The van der Waals surface area contributed by atoms with Crippen molar-refractivity contribution >= 4 is 11.6 Å². The van der Waals surface area contributed by atoms with Gasteiger partial charge in [-0.3, -0.25) is 0 Å². The summed E-state index contributed by atoms with van der Waals surface area (Å²) in [4.78, 5) is 3.87. The molecule has 0 amide bonds. The third-order valence-electron chi connectivity index (χ3n) is 3.10. The first-order valence-electron chi connectivity index (χ1n) is 6.18. The first-order valence-corrected chi connectivity index (χ1v) is 6.56. The van der Waals surface area contributed by atoms with Gasteiger partial charge in [-0.15, -0.1) is 10.2 Å². The van der Waals surface area contributed by atoms with E-state index in [0.29, 0.717) is 0 Å². The minimum absolute atomic E-state index is 0.00758. The number of halogens is 3. The largest absolute Gasteiger partial charge is 0.493 e. The highest BCUT2D eigenvalue weighted by atomic mass is 35.5. The van der Waals surface area contributed by atoms with Gasteiger partial charge in [-0.05, 0) is 18.2 Å². The summed E-state index contributed by atoms with van der Waals surface area (Å²) in [6.07, 6.45) is 0. The third kappa shape index (κ3) is 2.29. The fraction of sp³-hybridized carbons (Fsp3) is 0.0714. The van der Waals surface area contributed by atoms with Crippen molar-refractivity contribution in [2.75, 3.05) is 0 Å². The van der Waals surface area contributed by atoms with E-state index in [4.69, 9.17) is 11.6 Å². The lowest BCUT2D eigenvalue weighted by Crippen LogP contribution is -2.00. The van der Waals surface area contributed by atoms with Gasteiger partial charge in [0.2, 0.25) is 5.88 Å². The molecule has 112 valence electrons. The second-order valence-corrected chi connectivity index (χ2v) is 4.91. The summed E-state index contributed by atoms with van der Waals surface area (Å²) in [6.45, 7) is 0. The first-order chi connectivity index (χ1) is 10.5. The van der Waals surface area contributed by atoms with Crippen LogP contribution in [-0.2, 0) is 7.05 Å². The van der Waals surface area contributed by atoms with Crippen LogP contribution < -0.4 is 0 Å². The van der Waals surface area contributed by atoms with Crippen molar-refractivity contribution in [3.8, 4) is 28.8 Å². The van der Waals surface area contributed by atoms with Crippen LogP contribution in [-0.4, -0.2) is 24.9 Å². The van der Waals surface area contributed by atoms with Crippen molar-refractivity contribution in [2.45, 2.75) is 0 Å². The van der Waals surface area contributed by atoms with Crippen molar-refractivity contribution in [1.29, 1.82) is 0 Å². The summed E-state index contributed by atoms with van der Waals surface area (Å²) < 4.78 is 29.1. The van der Waals surface area contributed by atoms with Crippen LogP contribution in [0.15, 0.2) is 30.3 Å². The lowest BCUT2D eigenvalue weighted by atomic mass is 10.2. The molecule has 3 rings (SSSR count). The molecule has 0 unspecified atom stereocenters. The summed E-state index contributed by atoms with van der Waals surface area (Å²) in [5, 5.41) is 17.4. The lowest BCUT2D eigenvalue weighted by molar-refractivity contribution is 0.454. The molecule has 0 saturated heterocycles. The molecule has 0 aliphatic rings. The third-order valence-corrected chi connectivity index (χ3v) is 3.41. The summed E-state index contributed by atoms with van der Waals surface area (Å²) in [5.41, 5.74) is -0.125. The molecular formula is C14H9ClF2N4O. The summed E-state index contributed by atoms with van der Waals surface area (Å²) >= 11 is 6.02. The van der Waals surface area contributed by atoms with Crippen molar-refractivity contribution in [1.82, 2.24) is 19.7 Å². The van der Waals surface area contributed by atoms with Gasteiger partial charge in [0.15, 0.2) is 11.6 Å². The van der Waals surface area contributed by atoms with Crippen molar-refractivity contribution in [3.63, 3.8) is 0 Å². The van der Waals surface area contributed by atoms with Gasteiger partial charge in [0.25, 0.3) is 0 Å². The van der Waals surface area contributed by atoms with Crippen LogP contribution in [0.4, 0.5) is 8.78 Å². The zero-order chi connectivity index (χ0) is 15.9. The van der Waals surface area contributed by atoms with Crippen LogP contribution in [0, 0.1) is 11.6 Å². The molecule has 0 spiro atoms. The number of hydrogen-bond acceptors (Lipinski definition) is 4. The van der Waals surface area contributed by atoms with Crippen LogP contribution >= 0.6 is 11.6 Å². The minimum Gasteiger partial charge on any atom is -0.493 e. The van der Waals surface area contributed by atoms with E-state index < -0.39 is 11.6 Å². The van der Waals surface area contributed by atoms with E-state index in [-0.39, 0.29) is 33.8 Å². The van der Waals surface area contributed by atoms with Gasteiger partial charge in [0, 0.05) is 13.1 Å². The van der Waals surface area contributed by atoms with E-state index >= 15 is 0 Å². The fourth-order valence-electron chi connectivity index (χ4n) is 2.05. The maximum atomic E-state index is 13.9. The summed E-state index contributed by atoms with van der Waals surface area (Å²) in [7, 11) is 1.53. The van der Waals surface area contributed by atoms with Crippen molar-refractivity contribution in [3.05, 3.63) is 47.0 Å². The van der Waals surface area contributed by atoms with Gasteiger partial charge in [-0.1, -0.05) is 17.7 Å². The second kappa shape index (κ2) is 5.34. The molecule has 0 aliphatic heterocycles. The molecule has 2 aromatic heterocycles. The number of pyridine rings is 1. The number of aromatic hydroxyl groups is 1. The monoisotopic (exact) mass is 322 g/mol. The van der Waals surface area contributed by atoms with Gasteiger partial charge < -0.3 is 9.67 Å². The molecule has 3 aromatic rings. The van der Waals surface area contributed by atoms with E-state index in [1.54, 1.807) is 0 Å². The number of hydrogen-bond donors (Lipinski definition) is 1. The highest BCUT2D eigenvalue weighted by molar-refractivity contribution is 6.32. The van der Waals surface area contributed by atoms with E-state index in [0.717, 1.165) is 12.1 Å². The molecule has 0 fully saturated rings. The zero-order valence-electron chi connectivity index (χ0n) is 11.3. The molecule has 0 saturated carbocycles. The maximum absolute atomic E-state index is 13.9. The molecule has 0 aliphatic carbocycles. The van der Waals surface area contributed by atoms with E-state index in [9.17, 15) is 13.9 Å². The number of aromatic nitrogens is 4. The van der Waals surface area contributed by atoms with Gasteiger partial charge in [-0.25, -0.2) is 13.8 Å². The first kappa shape index (κ1) is 14.4. The highest BCUT2D eigenvalue weighted by Crippen LogP contribution is 2.30. The molecule has 22 heavy (non-hydrogen) atoms. The molecule has 1 aromatic carbocycles. The van der Waals surface area contributed by atoms with Crippen LogP contribution in [0.1, 0.15) is 0 Å². The summed E-state index contributed by atoms with van der Waals surface area (Å²) in [5.74, 6) is -1.58. The number of nitrogens with zero attached hydrogens (tertiary/aromatic N) is 4. The molecule has 5 nitrogen and oxygen atoms in total. The van der Waals surface area contributed by atoms with Crippen LogP contribution in [0.2, 0.25) is 5.02 Å². The van der Waals surface area contributed by atoms with Crippen LogP contribution in [0.25, 0.3) is 22.9 Å². The van der Waals surface area contributed by atoms with Crippen molar-refractivity contribution < 1.29 is 13.9 Å². The maximum Gasteiger partial charge on any atom is 0.211 e. The smallest absolute Gasteiger partial charge is 0.211 e. The van der Waals surface area contributed by atoms with Gasteiger partial charge in [0.1, 0.15) is 17.3 Å². The zero-order valence-corrected chi connectivity index (χ0v) is 12.0. The topological polar surface area (TPSA) is 63.8 Å². The molecule has 0 bridgehead atoms. The molecule has 1 N–H and O–H groups in total. The predicted molar refractivity (Wildman–Crippen MR) is 76.3 cm³/mol. The molecule has 2 heterocycles.